The number of rotatable bonds is 12. The molecule has 7 rings (SSSR count). The Morgan fingerprint density at radius 2 is 1.54 bits per heavy atom. The molecule has 0 N–H and O–H groups in total. The van der Waals surface area contributed by atoms with E-state index < -0.39 is 0 Å². The molecule has 0 saturated heterocycles. The van der Waals surface area contributed by atoms with E-state index in [1.807, 2.05) is 18.3 Å². The number of aryl methyl sites for hydroxylation is 2. The van der Waals surface area contributed by atoms with Gasteiger partial charge in [0.25, 0.3) is 0 Å². The zero-order chi connectivity index (χ0) is 37.3. The van der Waals surface area contributed by atoms with E-state index >= 15 is 0 Å². The Kier molecular flexibility index (Phi) is 11.2. The minimum Gasteiger partial charge on any atom is -0.305 e. The number of aromatic nitrogens is 1. The number of hydrogen-bond acceptors (Lipinski definition) is 2. The molecular weight excluding hydrogens is 655 g/mol. The first kappa shape index (κ1) is 35.8. The van der Waals surface area contributed by atoms with Crippen LogP contribution in [0.15, 0.2) is 186 Å². The van der Waals surface area contributed by atoms with Gasteiger partial charge in [0.1, 0.15) is 0 Å². The lowest BCUT2D eigenvalue weighted by Gasteiger charge is -2.19. The molecule has 0 fully saturated rings. The highest BCUT2D eigenvalue weighted by molar-refractivity contribution is 6.29. The first-order valence-electron chi connectivity index (χ1n) is 18.5. The molecule has 0 radical (unpaired) electrons. The average Bonchev–Trinajstić information content (AvgIpc) is 3.31. The third-order valence-corrected chi connectivity index (χ3v) is 9.99. The Balaban J connectivity index is 1.50. The largest absolute Gasteiger partial charge is 0.305 e. The Hall–Kier alpha value is -6.58. The predicted octanol–water partition coefficient (Wildman–Crippen LogP) is 12.9. The monoisotopic (exact) mass is 699 g/mol. The molecule has 54 heavy (non-hydrogen) atoms. The number of aliphatic imine (C=N–C) groups is 2. The molecule has 264 valence electrons. The average molecular weight is 700 g/mol. The van der Waals surface area contributed by atoms with Gasteiger partial charge in [-0.1, -0.05) is 164 Å². The maximum absolute atomic E-state index is 5.37. The third-order valence-electron chi connectivity index (χ3n) is 9.99. The topological polar surface area (TPSA) is 29.6 Å². The van der Waals surface area contributed by atoms with Gasteiger partial charge in [-0.2, -0.15) is 0 Å². The molecule has 0 bridgehead atoms. The molecule has 0 aliphatic heterocycles. The summed E-state index contributed by atoms with van der Waals surface area (Å²) in [5.41, 5.74) is 15.4. The minimum absolute atomic E-state index is 0.516. The molecule has 1 aliphatic carbocycles. The molecule has 0 spiro atoms. The van der Waals surface area contributed by atoms with Crippen LogP contribution in [0, 0.1) is 13.8 Å². The second-order valence-electron chi connectivity index (χ2n) is 13.5. The Bertz CT molecular complexity index is 2480. The number of hydrogen-bond donors (Lipinski definition) is 0. The standard InChI is InChI=1S/C51H45N3/c1-5-44-46-33-32-45(47-34-43(31-30-37(47)2)41-25-15-9-16-26-41)38(3)51(46)54(48(44)29-19-24-39-20-13-8-14-21-39)49(36-52-4)50(42-27-17-10-18-28-42)53-35-40-22-11-6-7-12-23-40/h5-6,8-23,25-34,36H,1,4,7,24,35H2,2-3H3/b29-19-,49-36+,53-50?. The second kappa shape index (κ2) is 16.8. The lowest BCUT2D eigenvalue weighted by Crippen LogP contribution is -2.14. The summed E-state index contributed by atoms with van der Waals surface area (Å²) in [6, 6.07) is 42.8. The smallest absolute Gasteiger partial charge is 0.0907 e. The Morgan fingerprint density at radius 3 is 2.28 bits per heavy atom. The van der Waals surface area contributed by atoms with Gasteiger partial charge < -0.3 is 4.57 Å². The summed E-state index contributed by atoms with van der Waals surface area (Å²) in [5.74, 6) is 0. The van der Waals surface area contributed by atoms with Gasteiger partial charge in [-0.25, -0.2) is 0 Å². The third kappa shape index (κ3) is 7.62. The molecule has 1 heterocycles. The second-order valence-corrected chi connectivity index (χ2v) is 13.5. The van der Waals surface area contributed by atoms with Gasteiger partial charge >= 0.3 is 0 Å². The van der Waals surface area contributed by atoms with Crippen molar-refractivity contribution in [1.29, 1.82) is 0 Å². The highest BCUT2D eigenvalue weighted by atomic mass is 15.0. The van der Waals surface area contributed by atoms with Gasteiger partial charge in [-0.15, -0.1) is 0 Å². The van der Waals surface area contributed by atoms with Crippen molar-refractivity contribution in [2.24, 2.45) is 9.98 Å². The van der Waals surface area contributed by atoms with E-state index in [2.05, 4.69) is 194 Å². The van der Waals surface area contributed by atoms with Crippen molar-refractivity contribution in [1.82, 2.24) is 4.57 Å². The van der Waals surface area contributed by atoms with Crippen LogP contribution in [0.4, 0.5) is 0 Å². The van der Waals surface area contributed by atoms with E-state index in [0.29, 0.717) is 6.54 Å². The summed E-state index contributed by atoms with van der Waals surface area (Å²) >= 11 is 0. The van der Waals surface area contributed by atoms with Crippen LogP contribution in [-0.2, 0) is 6.42 Å². The van der Waals surface area contributed by atoms with Gasteiger partial charge in [0.15, 0.2) is 0 Å². The minimum atomic E-state index is 0.516. The lowest BCUT2D eigenvalue weighted by molar-refractivity contribution is 1.12. The highest BCUT2D eigenvalue weighted by Crippen LogP contribution is 2.40. The fourth-order valence-corrected chi connectivity index (χ4v) is 7.28. The van der Waals surface area contributed by atoms with E-state index in [4.69, 9.17) is 4.99 Å². The SMILES string of the molecule is C=Cc1c(/C=C\Cc2ccccc2)n(/C(=C/N=C)C(=NCC2=CC=CCC=C2)c2ccccc2)c2c(C)c(-c3cc(-c4ccccc4)ccc3C)ccc12. The van der Waals surface area contributed by atoms with Crippen LogP contribution in [0.1, 0.15) is 39.9 Å². The van der Waals surface area contributed by atoms with Crippen LogP contribution >= 0.6 is 0 Å². The molecular formula is C51H45N3. The fourth-order valence-electron chi connectivity index (χ4n) is 7.28. The first-order chi connectivity index (χ1) is 26.6. The van der Waals surface area contributed by atoms with Crippen molar-refractivity contribution in [2.75, 3.05) is 6.54 Å². The van der Waals surface area contributed by atoms with Gasteiger partial charge in [0.05, 0.1) is 35.4 Å². The van der Waals surface area contributed by atoms with Crippen LogP contribution < -0.4 is 0 Å². The Labute approximate surface area is 319 Å². The zero-order valence-electron chi connectivity index (χ0n) is 31.1. The van der Waals surface area contributed by atoms with Crippen LogP contribution in [0.3, 0.4) is 0 Å². The number of benzene rings is 5. The van der Waals surface area contributed by atoms with Gasteiger partial charge in [0.2, 0.25) is 0 Å². The summed E-state index contributed by atoms with van der Waals surface area (Å²) in [4.78, 5) is 9.82. The Morgan fingerprint density at radius 1 is 0.796 bits per heavy atom. The zero-order valence-corrected chi connectivity index (χ0v) is 31.1. The summed E-state index contributed by atoms with van der Waals surface area (Å²) in [7, 11) is 0. The van der Waals surface area contributed by atoms with E-state index in [0.717, 1.165) is 63.1 Å². The van der Waals surface area contributed by atoms with Crippen molar-refractivity contribution >= 4 is 41.2 Å². The van der Waals surface area contributed by atoms with Crippen LogP contribution in [0.5, 0.6) is 0 Å². The van der Waals surface area contributed by atoms with Crippen molar-refractivity contribution in [3.05, 3.63) is 210 Å². The normalized spacial score (nSPS) is 13.3. The maximum atomic E-state index is 5.37. The highest BCUT2D eigenvalue weighted by Gasteiger charge is 2.24. The number of nitrogens with zero attached hydrogens (tertiary/aromatic N) is 3. The van der Waals surface area contributed by atoms with Crippen LogP contribution in [0.25, 0.3) is 51.0 Å². The van der Waals surface area contributed by atoms with E-state index in [9.17, 15) is 0 Å². The van der Waals surface area contributed by atoms with E-state index in [1.54, 1.807) is 0 Å². The van der Waals surface area contributed by atoms with E-state index in [1.165, 1.54) is 33.4 Å². The summed E-state index contributed by atoms with van der Waals surface area (Å²) in [5, 5.41) is 1.12. The molecule has 1 aliphatic rings. The van der Waals surface area contributed by atoms with Crippen LogP contribution in [0.2, 0.25) is 0 Å². The predicted molar refractivity (Wildman–Crippen MR) is 234 cm³/mol. The molecule has 5 aromatic carbocycles. The van der Waals surface area contributed by atoms with E-state index in [-0.39, 0.29) is 0 Å². The molecule has 0 unspecified atom stereocenters. The molecule has 0 atom stereocenters. The van der Waals surface area contributed by atoms with Gasteiger partial charge in [0, 0.05) is 16.5 Å². The first-order valence-corrected chi connectivity index (χ1v) is 18.5. The molecule has 6 aromatic rings. The van der Waals surface area contributed by atoms with Gasteiger partial charge in [-0.05, 0) is 90.1 Å². The fraction of sp³-hybridized carbons (Fsp3) is 0.0980. The molecule has 0 amide bonds. The van der Waals surface area contributed by atoms with Crippen molar-refractivity contribution in [3.8, 4) is 22.3 Å². The lowest BCUT2D eigenvalue weighted by atomic mass is 9.91. The van der Waals surface area contributed by atoms with Crippen LogP contribution in [-0.4, -0.2) is 23.5 Å². The summed E-state index contributed by atoms with van der Waals surface area (Å²) in [6.07, 6.45) is 20.8. The maximum Gasteiger partial charge on any atom is 0.0907 e. The summed E-state index contributed by atoms with van der Waals surface area (Å²) < 4.78 is 2.33. The van der Waals surface area contributed by atoms with Crippen molar-refractivity contribution in [2.45, 2.75) is 26.7 Å². The number of fused-ring (bicyclic) bond motifs is 1. The van der Waals surface area contributed by atoms with Gasteiger partial charge in [-0.3, -0.25) is 9.98 Å². The quantitative estimate of drug-likeness (QED) is 0.114. The molecule has 0 saturated carbocycles. The molecule has 1 aromatic heterocycles. The molecule has 3 heteroatoms. The molecule has 3 nitrogen and oxygen atoms in total. The summed E-state index contributed by atoms with van der Waals surface area (Å²) in [6.45, 7) is 13.3. The van der Waals surface area contributed by atoms with Crippen molar-refractivity contribution in [3.63, 3.8) is 0 Å². The number of allylic oxidation sites excluding steroid dienone is 6. The van der Waals surface area contributed by atoms with Crippen molar-refractivity contribution < 1.29 is 0 Å².